The van der Waals surface area contributed by atoms with E-state index >= 15 is 0 Å². The van der Waals surface area contributed by atoms with Crippen LogP contribution in [0.5, 0.6) is 11.5 Å². The number of ether oxygens (including phenoxy) is 2. The van der Waals surface area contributed by atoms with E-state index in [1.54, 1.807) is 7.11 Å². The number of nitrogens with zero attached hydrogens (tertiary/aromatic N) is 2. The summed E-state index contributed by atoms with van der Waals surface area (Å²) in [7, 11) is 1.67. The molecule has 0 spiro atoms. The van der Waals surface area contributed by atoms with Crippen LogP contribution in [0.25, 0.3) is 0 Å². The highest BCUT2D eigenvalue weighted by Gasteiger charge is 2.35. The average molecular weight is 582 g/mol. The predicted octanol–water partition coefficient (Wildman–Crippen LogP) is 8.48. The highest BCUT2D eigenvalue weighted by Crippen LogP contribution is 2.50. The van der Waals surface area contributed by atoms with Crippen molar-refractivity contribution in [2.45, 2.75) is 31.6 Å². The number of aliphatic imine (C=N–C) groups is 1. The zero-order chi connectivity index (χ0) is 26.8. The van der Waals surface area contributed by atoms with E-state index in [1.165, 1.54) is 27.9 Å². The van der Waals surface area contributed by atoms with Gasteiger partial charge in [0, 0.05) is 36.8 Å². The lowest BCUT2D eigenvalue weighted by Gasteiger charge is -2.43. The summed E-state index contributed by atoms with van der Waals surface area (Å²) in [5, 5.41) is 0. The zero-order valence-corrected chi connectivity index (χ0v) is 24.0. The minimum absolute atomic E-state index is 0.362. The van der Waals surface area contributed by atoms with Crippen molar-refractivity contribution in [3.05, 3.63) is 117 Å². The molecule has 6 rings (SSSR count). The van der Waals surface area contributed by atoms with Crippen LogP contribution in [0.1, 0.15) is 59.4 Å². The Bertz CT molecular complexity index is 1410. The van der Waals surface area contributed by atoms with Gasteiger partial charge in [-0.2, -0.15) is 0 Å². The predicted molar refractivity (Wildman–Crippen MR) is 164 cm³/mol. The van der Waals surface area contributed by atoms with Crippen LogP contribution in [-0.2, 0) is 0 Å². The molecule has 5 heteroatoms. The number of benzene rings is 4. The van der Waals surface area contributed by atoms with Crippen LogP contribution in [0, 0.1) is 0 Å². The first-order chi connectivity index (χ1) is 19.2. The van der Waals surface area contributed by atoms with Crippen molar-refractivity contribution in [3.8, 4) is 11.5 Å². The maximum absolute atomic E-state index is 5.77. The van der Waals surface area contributed by atoms with Gasteiger partial charge < -0.3 is 14.4 Å². The first-order valence-electron chi connectivity index (χ1n) is 13.7. The summed E-state index contributed by atoms with van der Waals surface area (Å²) in [6.07, 6.45) is 4.15. The number of methoxy groups -OCH3 is 1. The fraction of sp³-hybridized carbons (Fsp3) is 0.265. The van der Waals surface area contributed by atoms with Gasteiger partial charge in [0.2, 0.25) is 0 Å². The van der Waals surface area contributed by atoms with E-state index in [1.807, 2.05) is 25.3 Å². The van der Waals surface area contributed by atoms with Crippen LogP contribution in [0.15, 0.2) is 94.4 Å². The highest BCUT2D eigenvalue weighted by atomic mass is 79.9. The van der Waals surface area contributed by atoms with Gasteiger partial charge in [-0.05, 0) is 87.8 Å². The first kappa shape index (κ1) is 25.7. The largest absolute Gasteiger partial charge is 0.493 e. The van der Waals surface area contributed by atoms with Gasteiger partial charge in [0.1, 0.15) is 0 Å². The fourth-order valence-corrected chi connectivity index (χ4v) is 6.74. The summed E-state index contributed by atoms with van der Waals surface area (Å²) in [6, 6.07) is 30.5. The number of halogens is 1. The molecule has 0 fully saturated rings. The molecule has 2 aliphatic heterocycles. The van der Waals surface area contributed by atoms with Gasteiger partial charge in [-0.25, -0.2) is 0 Å². The van der Waals surface area contributed by atoms with Gasteiger partial charge in [0.25, 0.3) is 0 Å². The molecule has 0 saturated carbocycles. The monoisotopic (exact) mass is 580 g/mol. The van der Waals surface area contributed by atoms with Crippen LogP contribution in [0.4, 0.5) is 11.4 Å². The lowest BCUT2D eigenvalue weighted by molar-refractivity contribution is 0.309. The fourth-order valence-electron chi connectivity index (χ4n) is 6.16. The molecule has 2 aliphatic rings. The van der Waals surface area contributed by atoms with E-state index in [-0.39, 0.29) is 0 Å². The van der Waals surface area contributed by atoms with Crippen molar-refractivity contribution in [3.63, 3.8) is 0 Å². The molecule has 4 aromatic rings. The van der Waals surface area contributed by atoms with Crippen molar-refractivity contribution < 1.29 is 9.47 Å². The molecule has 4 nitrogen and oxygen atoms in total. The molecular weight excluding hydrogens is 548 g/mol. The number of hydrogen-bond donors (Lipinski definition) is 0. The number of anilines is 1. The summed E-state index contributed by atoms with van der Waals surface area (Å²) in [5.41, 5.74) is 8.89. The lowest BCUT2D eigenvalue weighted by Crippen LogP contribution is -2.37. The average Bonchev–Trinajstić information content (AvgIpc) is 2.98. The lowest BCUT2D eigenvalue weighted by atomic mass is 9.76. The Morgan fingerprint density at radius 1 is 0.872 bits per heavy atom. The molecule has 2 atom stereocenters. The minimum atomic E-state index is 0.362. The number of rotatable bonds is 7. The Morgan fingerprint density at radius 2 is 1.46 bits per heavy atom. The molecule has 0 aromatic heterocycles. The molecule has 4 aromatic carbocycles. The van der Waals surface area contributed by atoms with Crippen molar-refractivity contribution in [1.82, 2.24) is 0 Å². The third kappa shape index (κ3) is 5.08. The maximum atomic E-state index is 5.77. The van der Waals surface area contributed by atoms with Crippen LogP contribution in [-0.4, -0.2) is 33.0 Å². The second kappa shape index (κ2) is 11.3. The Kier molecular flexibility index (Phi) is 7.43. The van der Waals surface area contributed by atoms with Gasteiger partial charge in [-0.3, -0.25) is 4.99 Å². The molecule has 0 amide bonds. The third-order valence-corrected chi connectivity index (χ3v) is 8.49. The van der Waals surface area contributed by atoms with E-state index in [2.05, 4.69) is 93.6 Å². The van der Waals surface area contributed by atoms with E-state index in [4.69, 9.17) is 14.5 Å². The van der Waals surface area contributed by atoms with E-state index in [0.717, 1.165) is 41.7 Å². The molecular formula is C34H33BrN2O2. The Morgan fingerprint density at radius 3 is 2.00 bits per heavy atom. The van der Waals surface area contributed by atoms with Gasteiger partial charge in [-0.1, -0.05) is 60.7 Å². The summed E-state index contributed by atoms with van der Waals surface area (Å²) in [6.45, 7) is 4.71. The summed E-state index contributed by atoms with van der Waals surface area (Å²) in [4.78, 5) is 7.63. The van der Waals surface area contributed by atoms with Crippen LogP contribution < -0.4 is 14.4 Å². The third-order valence-electron chi connectivity index (χ3n) is 7.90. The van der Waals surface area contributed by atoms with Crippen LogP contribution >= 0.6 is 15.9 Å². The second-order valence-electron chi connectivity index (χ2n) is 10.2. The Labute approximate surface area is 239 Å². The van der Waals surface area contributed by atoms with Crippen molar-refractivity contribution in [1.29, 1.82) is 0 Å². The first-order valence-corrected chi connectivity index (χ1v) is 14.5. The second-order valence-corrected chi connectivity index (χ2v) is 11.0. The molecule has 39 heavy (non-hydrogen) atoms. The topological polar surface area (TPSA) is 34.1 Å². The molecule has 2 heterocycles. The van der Waals surface area contributed by atoms with Crippen molar-refractivity contribution >= 4 is 33.5 Å². The molecule has 0 radical (unpaired) electrons. The summed E-state index contributed by atoms with van der Waals surface area (Å²) in [5.74, 6) is 2.13. The van der Waals surface area contributed by atoms with Crippen molar-refractivity contribution in [2.75, 3.05) is 31.7 Å². The zero-order valence-electron chi connectivity index (χ0n) is 22.4. The highest BCUT2D eigenvalue weighted by molar-refractivity contribution is 9.10. The molecule has 0 bridgehead atoms. The van der Waals surface area contributed by atoms with Crippen LogP contribution in [0.2, 0.25) is 0 Å². The SMILES string of the molecule is CCOc1c(Br)cc(C=Nc2cc3c4c(c2)[C@H](c2ccccc2)CCN4CC[C@H]3c2ccccc2)cc1OC. The standard InChI is InChI=1S/C34H33BrN2O2/c1-3-39-34-31(35)18-23(19-32(34)38-2)22-36-26-20-29-27(24-10-6-4-7-11-24)14-16-37-17-15-28(30(21-26)33(29)37)25-12-8-5-9-13-25/h4-13,18-22,27-28H,3,14-17H2,1-2H3/t27-,28-/m0/s1. The summed E-state index contributed by atoms with van der Waals surface area (Å²) < 4.78 is 12.2. The summed E-state index contributed by atoms with van der Waals surface area (Å²) >= 11 is 3.65. The van der Waals surface area contributed by atoms with E-state index in [0.29, 0.717) is 29.9 Å². The van der Waals surface area contributed by atoms with Gasteiger partial charge >= 0.3 is 0 Å². The maximum Gasteiger partial charge on any atom is 0.175 e. The quantitative estimate of drug-likeness (QED) is 0.205. The molecule has 198 valence electrons. The normalized spacial score (nSPS) is 18.2. The van der Waals surface area contributed by atoms with Gasteiger partial charge in [-0.15, -0.1) is 0 Å². The van der Waals surface area contributed by atoms with Gasteiger partial charge in [0.15, 0.2) is 11.5 Å². The Hall–Kier alpha value is -3.57. The van der Waals surface area contributed by atoms with E-state index in [9.17, 15) is 0 Å². The molecule has 0 aliphatic carbocycles. The van der Waals surface area contributed by atoms with Crippen LogP contribution in [0.3, 0.4) is 0 Å². The molecule has 0 saturated heterocycles. The minimum Gasteiger partial charge on any atom is -0.493 e. The molecule has 0 unspecified atom stereocenters. The number of hydrogen-bond acceptors (Lipinski definition) is 4. The Balaban J connectivity index is 1.46. The smallest absolute Gasteiger partial charge is 0.175 e. The molecule has 0 N–H and O–H groups in total. The van der Waals surface area contributed by atoms with Gasteiger partial charge in [0.05, 0.1) is 23.9 Å². The van der Waals surface area contributed by atoms with Crippen molar-refractivity contribution in [2.24, 2.45) is 4.99 Å². The van der Waals surface area contributed by atoms with E-state index < -0.39 is 0 Å².